The van der Waals surface area contributed by atoms with Crippen LogP contribution in [-0.2, 0) is 65.4 Å². The van der Waals surface area contributed by atoms with Gasteiger partial charge in [-0.15, -0.1) is 0 Å². The van der Waals surface area contributed by atoms with E-state index in [4.69, 9.17) is 0 Å². The van der Waals surface area contributed by atoms with Crippen LogP contribution in [0.5, 0.6) is 0 Å². The molecule has 0 unspecified atom stereocenters. The van der Waals surface area contributed by atoms with Crippen LogP contribution in [0, 0.1) is 24.0 Å². The van der Waals surface area contributed by atoms with Crippen molar-refractivity contribution in [3.63, 3.8) is 0 Å². The van der Waals surface area contributed by atoms with E-state index >= 15 is 0 Å². The van der Waals surface area contributed by atoms with Gasteiger partial charge < -0.3 is 12.2 Å². The molecule has 0 atom stereocenters. The van der Waals surface area contributed by atoms with Crippen molar-refractivity contribution in [2.24, 2.45) is 11.8 Å². The summed E-state index contributed by atoms with van der Waals surface area (Å²) in [6.45, 7) is 15.1. The summed E-state index contributed by atoms with van der Waals surface area (Å²) >= 11 is 0. The zero-order chi connectivity index (χ0) is 8.57. The van der Waals surface area contributed by atoms with Crippen molar-refractivity contribution < 1.29 is 65.4 Å². The summed E-state index contributed by atoms with van der Waals surface area (Å²) in [6, 6.07) is 0. The van der Waals surface area contributed by atoms with E-state index in [-0.39, 0.29) is 65.4 Å². The van der Waals surface area contributed by atoms with Crippen LogP contribution in [-0.4, -0.2) is 0 Å². The van der Waals surface area contributed by atoms with Gasteiger partial charge >= 0.3 is 0 Å². The fourth-order valence-electron chi connectivity index (χ4n) is 0. The van der Waals surface area contributed by atoms with Crippen LogP contribution >= 0.6 is 0 Å². The molecular weight excluding hydrogens is 298 g/mol. The van der Waals surface area contributed by atoms with Crippen LogP contribution in [0.2, 0.25) is 0 Å². The molecule has 0 aromatic carbocycles. The summed E-state index contributed by atoms with van der Waals surface area (Å²) in [7, 11) is 0. The first-order valence-electron chi connectivity index (χ1n) is 3.59. The molecular formula is C10H18Y2-2. The molecule has 0 fully saturated rings. The topological polar surface area (TPSA) is 0 Å². The summed E-state index contributed by atoms with van der Waals surface area (Å²) < 4.78 is 0. The van der Waals surface area contributed by atoms with Crippen LogP contribution in [0.25, 0.3) is 0 Å². The van der Waals surface area contributed by atoms with Gasteiger partial charge in [-0.2, -0.15) is 11.8 Å². The summed E-state index contributed by atoms with van der Waals surface area (Å²) in [5, 5.41) is 0. The van der Waals surface area contributed by atoms with Crippen LogP contribution in [0.3, 0.4) is 0 Å². The molecule has 0 saturated heterocycles. The first-order valence-corrected chi connectivity index (χ1v) is 3.59. The summed E-state index contributed by atoms with van der Waals surface area (Å²) in [5.41, 5.74) is 0. The third-order valence-electron chi connectivity index (χ3n) is 0.816. The molecule has 0 spiro atoms. The third kappa shape index (κ3) is 41.3. The van der Waals surface area contributed by atoms with Crippen LogP contribution < -0.4 is 0 Å². The third-order valence-corrected chi connectivity index (χ3v) is 0.816. The molecule has 0 N–H and O–H groups in total. The van der Waals surface area contributed by atoms with Crippen molar-refractivity contribution in [1.29, 1.82) is 0 Å². The van der Waals surface area contributed by atoms with Gasteiger partial charge in [-0.1, -0.05) is 27.7 Å². The standard InChI is InChI=1S/2C5H9.2Y/c2*1-4-5(2)3;;/h2*5H,1H2,2-3H3;;/q2*-1;;. The predicted molar refractivity (Wildman–Crippen MR) is 47.4 cm³/mol. The average Bonchev–Trinajstić information content (AvgIpc) is 1.89. The first-order chi connectivity index (χ1) is 4.54. The van der Waals surface area contributed by atoms with E-state index in [9.17, 15) is 0 Å². The van der Waals surface area contributed by atoms with E-state index in [0.29, 0.717) is 11.8 Å². The maximum Gasteiger partial charge on any atom is 0 e. The van der Waals surface area contributed by atoms with E-state index in [2.05, 4.69) is 25.3 Å². The zero-order valence-electron chi connectivity index (χ0n) is 8.72. The van der Waals surface area contributed by atoms with Crippen molar-refractivity contribution >= 4 is 0 Å². The Bertz CT molecular complexity index is 73.8. The molecule has 0 aromatic heterocycles. The fourth-order valence-corrected chi connectivity index (χ4v) is 0. The monoisotopic (exact) mass is 316 g/mol. The Morgan fingerprint density at radius 1 is 0.750 bits per heavy atom. The molecule has 0 aliphatic heterocycles. The van der Waals surface area contributed by atoms with Crippen LogP contribution in [0.4, 0.5) is 0 Å². The van der Waals surface area contributed by atoms with Crippen molar-refractivity contribution in [2.45, 2.75) is 27.7 Å². The second-order valence-electron chi connectivity index (χ2n) is 2.72. The van der Waals surface area contributed by atoms with Gasteiger partial charge in [-0.25, -0.2) is 0 Å². The van der Waals surface area contributed by atoms with Gasteiger partial charge in [0, 0.05) is 65.4 Å². The molecule has 0 saturated carbocycles. The Labute approximate surface area is 128 Å². The van der Waals surface area contributed by atoms with Gasteiger partial charge in [0.05, 0.1) is 0 Å². The molecule has 0 aliphatic rings. The number of hydrogen-bond acceptors (Lipinski definition) is 0. The first kappa shape index (κ1) is 23.5. The molecule has 0 bridgehead atoms. The Hall–Kier alpha value is 1.69. The summed E-state index contributed by atoms with van der Waals surface area (Å²) in [6.07, 6.45) is 5.56. The molecule has 0 rings (SSSR count). The molecule has 2 heteroatoms. The maximum absolute atomic E-state index is 3.44. The van der Waals surface area contributed by atoms with Crippen molar-refractivity contribution in [2.75, 3.05) is 0 Å². The molecule has 0 amide bonds. The van der Waals surface area contributed by atoms with Crippen LogP contribution in [0.15, 0.2) is 13.2 Å². The van der Waals surface area contributed by atoms with Gasteiger partial charge in [0.25, 0.3) is 0 Å². The van der Waals surface area contributed by atoms with Gasteiger partial charge in [0.1, 0.15) is 0 Å². The van der Waals surface area contributed by atoms with Crippen molar-refractivity contribution in [1.82, 2.24) is 0 Å². The maximum atomic E-state index is 3.44. The second kappa shape index (κ2) is 18.5. The normalized spacial score (nSPS) is 7.17. The number of hydrogen-bond donors (Lipinski definition) is 0. The molecule has 66 valence electrons. The fraction of sp³-hybridized carbons (Fsp3) is 0.600. The zero-order valence-corrected chi connectivity index (χ0v) is 14.4. The van der Waals surface area contributed by atoms with Crippen LogP contribution in [0.1, 0.15) is 27.7 Å². The number of allylic oxidation sites excluding steroid dienone is 2. The summed E-state index contributed by atoms with van der Waals surface area (Å²) in [4.78, 5) is 0. The summed E-state index contributed by atoms with van der Waals surface area (Å²) in [5.74, 6) is 1.05. The van der Waals surface area contributed by atoms with Gasteiger partial charge in [0.15, 0.2) is 0 Å². The second-order valence-corrected chi connectivity index (χ2v) is 2.72. The number of rotatable bonds is 2. The average molecular weight is 316 g/mol. The van der Waals surface area contributed by atoms with E-state index in [0.717, 1.165) is 0 Å². The molecule has 0 aromatic rings. The van der Waals surface area contributed by atoms with Crippen molar-refractivity contribution in [3.8, 4) is 0 Å². The predicted octanol–water partition coefficient (Wildman–Crippen LogP) is 3.26. The molecule has 0 aliphatic carbocycles. The SMILES string of the molecule is C=[C-]C(C)C.C=[C-]C(C)C.[Y].[Y]. The van der Waals surface area contributed by atoms with Gasteiger partial charge in [-0.3, -0.25) is 13.2 Å². The molecule has 0 nitrogen and oxygen atoms in total. The minimum absolute atomic E-state index is 0. The van der Waals surface area contributed by atoms with E-state index in [1.807, 2.05) is 27.7 Å². The molecule has 0 heterocycles. The quantitative estimate of drug-likeness (QED) is 0.686. The van der Waals surface area contributed by atoms with Gasteiger partial charge in [0.2, 0.25) is 0 Å². The molecule has 12 heavy (non-hydrogen) atoms. The smallest absolute Gasteiger partial charge is 0 e. The minimum atomic E-state index is 0. The van der Waals surface area contributed by atoms with E-state index < -0.39 is 0 Å². The largest absolute Gasteiger partial charge is 0.501 e. The minimum Gasteiger partial charge on any atom is -0.501 e. The Morgan fingerprint density at radius 3 is 0.833 bits per heavy atom. The Balaban J connectivity index is -0.0000000457. The van der Waals surface area contributed by atoms with Crippen molar-refractivity contribution in [3.05, 3.63) is 25.3 Å². The van der Waals surface area contributed by atoms with E-state index in [1.165, 1.54) is 0 Å². The Kier molecular flexibility index (Phi) is 36.1. The molecule has 2 radical (unpaired) electrons. The van der Waals surface area contributed by atoms with Gasteiger partial charge in [-0.05, 0) is 0 Å². The van der Waals surface area contributed by atoms with E-state index in [1.54, 1.807) is 0 Å². The Morgan fingerprint density at radius 2 is 0.833 bits per heavy atom.